The second-order valence-corrected chi connectivity index (χ2v) is 6.96. The molecule has 4 atom stereocenters. The molecule has 22 heavy (non-hydrogen) atoms. The van der Waals surface area contributed by atoms with E-state index in [0.29, 0.717) is 11.6 Å². The van der Waals surface area contributed by atoms with Gasteiger partial charge in [-0.1, -0.05) is 23.7 Å². The molecule has 0 spiro atoms. The monoisotopic (exact) mass is 320 g/mol. The summed E-state index contributed by atoms with van der Waals surface area (Å²) in [4.78, 5) is 26.0. The molecule has 5 heteroatoms. The molecule has 0 bridgehead atoms. The number of likely N-dealkylation sites (tertiary alicyclic amines) is 1. The number of carbonyl (C=O) groups is 2. The Morgan fingerprint density at radius 1 is 1.32 bits per heavy atom. The lowest BCUT2D eigenvalue weighted by atomic mass is 9.92. The predicted octanol–water partition coefficient (Wildman–Crippen LogP) is 2.56. The highest BCUT2D eigenvalue weighted by Gasteiger charge is 2.47. The van der Waals surface area contributed by atoms with Crippen LogP contribution in [0.2, 0.25) is 5.02 Å². The largest absolute Gasteiger partial charge is 0.369 e. The van der Waals surface area contributed by atoms with Crippen molar-refractivity contribution in [3.05, 3.63) is 34.9 Å². The maximum atomic E-state index is 12.7. The van der Waals surface area contributed by atoms with E-state index in [-0.39, 0.29) is 35.6 Å². The molecule has 1 saturated carbocycles. The summed E-state index contributed by atoms with van der Waals surface area (Å²) in [6.07, 6.45) is 2.49. The van der Waals surface area contributed by atoms with E-state index in [1.165, 1.54) is 0 Å². The number of nitrogens with zero attached hydrogens (tertiary/aromatic N) is 1. The number of hydrogen-bond donors (Lipinski definition) is 1. The van der Waals surface area contributed by atoms with E-state index in [9.17, 15) is 9.59 Å². The number of halogens is 1. The Balaban J connectivity index is 1.68. The molecule has 2 fully saturated rings. The lowest BCUT2D eigenvalue weighted by Crippen LogP contribution is -2.49. The van der Waals surface area contributed by atoms with Crippen LogP contribution in [0.15, 0.2) is 24.3 Å². The van der Waals surface area contributed by atoms with E-state index in [1.54, 1.807) is 0 Å². The van der Waals surface area contributed by atoms with Crippen molar-refractivity contribution in [2.45, 2.75) is 38.1 Å². The van der Waals surface area contributed by atoms with Gasteiger partial charge in [-0.25, -0.2) is 0 Å². The Bertz CT molecular complexity index is 604. The van der Waals surface area contributed by atoms with E-state index in [4.69, 9.17) is 17.3 Å². The highest BCUT2D eigenvalue weighted by molar-refractivity contribution is 6.30. The van der Waals surface area contributed by atoms with Crippen LogP contribution in [0.3, 0.4) is 0 Å². The first-order valence-electron chi connectivity index (χ1n) is 7.82. The first kappa shape index (κ1) is 15.3. The van der Waals surface area contributed by atoms with Crippen LogP contribution in [0.5, 0.6) is 0 Å². The van der Waals surface area contributed by atoms with E-state index in [0.717, 1.165) is 24.8 Å². The highest BCUT2D eigenvalue weighted by Crippen LogP contribution is 2.49. The number of hydrogen-bond acceptors (Lipinski definition) is 2. The zero-order valence-corrected chi connectivity index (χ0v) is 13.4. The van der Waals surface area contributed by atoms with Crippen LogP contribution in [0.1, 0.15) is 37.7 Å². The molecule has 1 aromatic carbocycles. The van der Waals surface area contributed by atoms with Gasteiger partial charge in [0.1, 0.15) is 0 Å². The molecule has 1 heterocycles. The molecule has 2 aliphatic rings. The third-order valence-electron chi connectivity index (χ3n) is 4.95. The van der Waals surface area contributed by atoms with Gasteiger partial charge >= 0.3 is 0 Å². The molecular weight excluding hydrogens is 300 g/mol. The van der Waals surface area contributed by atoms with Gasteiger partial charge in [0.05, 0.1) is 5.92 Å². The van der Waals surface area contributed by atoms with E-state index in [2.05, 4.69) is 0 Å². The summed E-state index contributed by atoms with van der Waals surface area (Å²) >= 11 is 6.02. The number of primary amides is 1. The topological polar surface area (TPSA) is 63.4 Å². The Hall–Kier alpha value is -1.55. The number of piperidine rings is 1. The van der Waals surface area contributed by atoms with Crippen molar-refractivity contribution in [1.82, 2.24) is 4.90 Å². The molecule has 0 unspecified atom stereocenters. The summed E-state index contributed by atoms with van der Waals surface area (Å²) in [5, 5.41) is 0.704. The third kappa shape index (κ3) is 2.98. The average molecular weight is 321 g/mol. The minimum Gasteiger partial charge on any atom is -0.369 e. The van der Waals surface area contributed by atoms with Crippen molar-refractivity contribution in [3.8, 4) is 0 Å². The second-order valence-electron chi connectivity index (χ2n) is 6.52. The Kier molecular flexibility index (Phi) is 4.13. The molecule has 1 aliphatic heterocycles. The van der Waals surface area contributed by atoms with Crippen LogP contribution >= 0.6 is 11.6 Å². The summed E-state index contributed by atoms with van der Waals surface area (Å²) in [6, 6.07) is 7.91. The van der Waals surface area contributed by atoms with Gasteiger partial charge in [-0.15, -0.1) is 0 Å². The fraction of sp³-hybridized carbons (Fsp3) is 0.529. The van der Waals surface area contributed by atoms with E-state index >= 15 is 0 Å². The van der Waals surface area contributed by atoms with Crippen LogP contribution in [-0.2, 0) is 9.59 Å². The minimum absolute atomic E-state index is 0.0209. The molecule has 2 amide bonds. The summed E-state index contributed by atoms with van der Waals surface area (Å²) in [7, 11) is 0. The van der Waals surface area contributed by atoms with Crippen molar-refractivity contribution in [3.63, 3.8) is 0 Å². The quantitative estimate of drug-likeness (QED) is 0.930. The van der Waals surface area contributed by atoms with E-state index in [1.807, 2.05) is 36.1 Å². The Labute approximate surface area is 135 Å². The first-order valence-corrected chi connectivity index (χ1v) is 8.20. The molecule has 1 saturated heterocycles. The molecule has 1 aliphatic carbocycles. The van der Waals surface area contributed by atoms with Crippen molar-refractivity contribution in [2.24, 2.45) is 17.6 Å². The van der Waals surface area contributed by atoms with E-state index < -0.39 is 0 Å². The number of rotatable bonds is 3. The summed E-state index contributed by atoms with van der Waals surface area (Å²) in [6.45, 7) is 2.51. The minimum atomic E-state index is -0.299. The van der Waals surface area contributed by atoms with Gasteiger partial charge in [0.2, 0.25) is 11.8 Å². The second kappa shape index (κ2) is 5.92. The van der Waals surface area contributed by atoms with Crippen LogP contribution < -0.4 is 5.73 Å². The fourth-order valence-corrected chi connectivity index (χ4v) is 3.63. The summed E-state index contributed by atoms with van der Waals surface area (Å²) in [5.41, 5.74) is 6.54. The SMILES string of the molecule is C[C@@H]1CC[C@H](C(N)=O)CN1C(=O)[C@H]1C[C@H]1c1cccc(Cl)c1. The molecule has 118 valence electrons. The van der Waals surface area contributed by atoms with Gasteiger partial charge in [-0.3, -0.25) is 9.59 Å². The number of nitrogens with two attached hydrogens (primary N) is 1. The summed E-state index contributed by atoms with van der Waals surface area (Å²) in [5.74, 6) is -0.0706. The van der Waals surface area contributed by atoms with Gasteiger partial charge < -0.3 is 10.6 Å². The van der Waals surface area contributed by atoms with Gasteiger partial charge in [-0.05, 0) is 49.8 Å². The van der Waals surface area contributed by atoms with Crippen molar-refractivity contribution in [1.29, 1.82) is 0 Å². The molecule has 4 nitrogen and oxygen atoms in total. The van der Waals surface area contributed by atoms with Crippen LogP contribution in [0.4, 0.5) is 0 Å². The van der Waals surface area contributed by atoms with Crippen molar-refractivity contribution in [2.75, 3.05) is 6.54 Å². The lowest BCUT2D eigenvalue weighted by molar-refractivity contribution is -0.138. The number of amides is 2. The first-order chi connectivity index (χ1) is 10.5. The Morgan fingerprint density at radius 2 is 2.09 bits per heavy atom. The molecule has 0 aromatic heterocycles. The van der Waals surface area contributed by atoms with Crippen LogP contribution in [-0.4, -0.2) is 29.3 Å². The molecule has 2 N–H and O–H groups in total. The third-order valence-corrected chi connectivity index (χ3v) is 5.19. The average Bonchev–Trinajstić information content (AvgIpc) is 3.27. The van der Waals surface area contributed by atoms with Crippen LogP contribution in [0.25, 0.3) is 0 Å². The predicted molar refractivity (Wildman–Crippen MR) is 85.4 cm³/mol. The van der Waals surface area contributed by atoms with Gasteiger partial charge in [0.15, 0.2) is 0 Å². The van der Waals surface area contributed by atoms with Crippen LogP contribution in [0, 0.1) is 11.8 Å². The highest BCUT2D eigenvalue weighted by atomic mass is 35.5. The van der Waals surface area contributed by atoms with Gasteiger partial charge in [0, 0.05) is 23.5 Å². The lowest BCUT2D eigenvalue weighted by Gasteiger charge is -2.37. The molecule has 3 rings (SSSR count). The molecule has 1 aromatic rings. The maximum Gasteiger partial charge on any atom is 0.226 e. The van der Waals surface area contributed by atoms with Gasteiger partial charge in [0.25, 0.3) is 0 Å². The molecule has 0 radical (unpaired) electrons. The van der Waals surface area contributed by atoms with Crippen molar-refractivity contribution >= 4 is 23.4 Å². The fourth-order valence-electron chi connectivity index (χ4n) is 3.43. The summed E-state index contributed by atoms with van der Waals surface area (Å²) < 4.78 is 0. The molecular formula is C17H21ClN2O2. The standard InChI is InChI=1S/C17H21ClN2O2/c1-10-5-6-12(16(19)21)9-20(10)17(22)15-8-14(15)11-3-2-4-13(18)7-11/h2-4,7,10,12,14-15H,5-6,8-9H2,1H3,(H2,19,21)/t10-,12+,14+,15+/m1/s1. The Morgan fingerprint density at radius 3 is 2.77 bits per heavy atom. The normalized spacial score (nSPS) is 30.9. The maximum absolute atomic E-state index is 12.7. The zero-order valence-electron chi connectivity index (χ0n) is 12.7. The smallest absolute Gasteiger partial charge is 0.226 e. The van der Waals surface area contributed by atoms with Gasteiger partial charge in [-0.2, -0.15) is 0 Å². The zero-order chi connectivity index (χ0) is 15.9. The number of carbonyl (C=O) groups excluding carboxylic acids is 2. The van der Waals surface area contributed by atoms with Crippen molar-refractivity contribution < 1.29 is 9.59 Å². The number of benzene rings is 1.